The lowest BCUT2D eigenvalue weighted by atomic mass is 10.1. The van der Waals surface area contributed by atoms with Crippen LogP contribution in [-0.4, -0.2) is 46.3 Å². The summed E-state index contributed by atoms with van der Waals surface area (Å²) in [6.45, 7) is 2.44. The molecule has 1 saturated heterocycles. The van der Waals surface area contributed by atoms with E-state index in [0.717, 1.165) is 31.8 Å². The summed E-state index contributed by atoms with van der Waals surface area (Å²) in [5.41, 5.74) is 0.866. The van der Waals surface area contributed by atoms with Gasteiger partial charge in [-0.15, -0.1) is 11.3 Å². The van der Waals surface area contributed by atoms with Gasteiger partial charge in [0.1, 0.15) is 0 Å². The van der Waals surface area contributed by atoms with Crippen LogP contribution in [0.15, 0.2) is 5.38 Å². The number of carboxylic acid groups (broad SMARTS) is 1. The Hall–Kier alpha value is -0.980. The number of aromatic nitrogens is 1. The number of aromatic carboxylic acids is 1. The first-order valence-corrected chi connectivity index (χ1v) is 7.15. The third-order valence-corrected chi connectivity index (χ3v) is 4.58. The number of ether oxygens (including phenoxy) is 1. The highest BCUT2D eigenvalue weighted by atomic mass is 32.1. The maximum atomic E-state index is 10.8. The number of rotatable bonds is 3. The molecule has 0 amide bonds. The van der Waals surface area contributed by atoms with Gasteiger partial charge < -0.3 is 9.84 Å². The second kappa shape index (κ2) is 4.95. The Labute approximate surface area is 109 Å². The van der Waals surface area contributed by atoms with Gasteiger partial charge in [0.2, 0.25) is 5.01 Å². The Morgan fingerprint density at radius 3 is 3.28 bits per heavy atom. The van der Waals surface area contributed by atoms with Crippen molar-refractivity contribution in [3.05, 3.63) is 16.1 Å². The lowest BCUT2D eigenvalue weighted by Gasteiger charge is -2.37. The van der Waals surface area contributed by atoms with Gasteiger partial charge >= 0.3 is 5.97 Å². The molecule has 1 aromatic rings. The first-order valence-electron chi connectivity index (χ1n) is 6.27. The van der Waals surface area contributed by atoms with Crippen molar-refractivity contribution >= 4 is 17.3 Å². The zero-order valence-electron chi connectivity index (χ0n) is 10.0. The average molecular weight is 268 g/mol. The third kappa shape index (κ3) is 2.28. The van der Waals surface area contributed by atoms with Crippen LogP contribution < -0.4 is 0 Å². The minimum absolute atomic E-state index is 0.182. The van der Waals surface area contributed by atoms with Crippen LogP contribution in [0, 0.1) is 0 Å². The molecule has 0 spiro atoms. The fourth-order valence-corrected chi connectivity index (χ4v) is 3.53. The molecule has 0 radical (unpaired) electrons. The number of hydrogen-bond donors (Lipinski definition) is 1. The Kier molecular flexibility index (Phi) is 3.32. The van der Waals surface area contributed by atoms with E-state index in [9.17, 15) is 4.79 Å². The zero-order chi connectivity index (χ0) is 12.5. The van der Waals surface area contributed by atoms with Crippen LogP contribution in [0.4, 0.5) is 0 Å². The van der Waals surface area contributed by atoms with Crippen molar-refractivity contribution in [1.82, 2.24) is 9.88 Å². The van der Waals surface area contributed by atoms with Crippen molar-refractivity contribution in [2.45, 2.75) is 38.0 Å². The standard InChI is InChI=1S/C12H16N2O3S/c15-12(16)11-13-8(7-18-11)6-14-4-5-17-10-3-1-2-9(10)14/h7,9-10H,1-6H2,(H,15,16). The van der Waals surface area contributed by atoms with Crippen LogP contribution in [0.25, 0.3) is 0 Å². The van der Waals surface area contributed by atoms with Crippen molar-refractivity contribution in [3.63, 3.8) is 0 Å². The number of fused-ring (bicyclic) bond motifs is 1. The zero-order valence-corrected chi connectivity index (χ0v) is 10.9. The number of carbonyl (C=O) groups is 1. The summed E-state index contributed by atoms with van der Waals surface area (Å²) in [6.07, 6.45) is 3.93. The number of morpholine rings is 1. The molecule has 0 aromatic carbocycles. The van der Waals surface area contributed by atoms with E-state index in [-0.39, 0.29) is 5.01 Å². The minimum Gasteiger partial charge on any atom is -0.476 e. The van der Waals surface area contributed by atoms with Crippen molar-refractivity contribution in [1.29, 1.82) is 0 Å². The van der Waals surface area contributed by atoms with Crippen LogP contribution >= 0.6 is 11.3 Å². The van der Waals surface area contributed by atoms with Gasteiger partial charge in [0.25, 0.3) is 0 Å². The molecule has 5 nitrogen and oxygen atoms in total. The quantitative estimate of drug-likeness (QED) is 0.902. The van der Waals surface area contributed by atoms with Crippen LogP contribution in [0.2, 0.25) is 0 Å². The molecule has 2 unspecified atom stereocenters. The van der Waals surface area contributed by atoms with E-state index >= 15 is 0 Å². The molecule has 3 rings (SSSR count). The van der Waals surface area contributed by atoms with Crippen molar-refractivity contribution in [2.24, 2.45) is 0 Å². The molecule has 0 bridgehead atoms. The van der Waals surface area contributed by atoms with Crippen LogP contribution in [0.3, 0.4) is 0 Å². The third-order valence-electron chi connectivity index (χ3n) is 3.70. The Balaban J connectivity index is 1.69. The van der Waals surface area contributed by atoms with Gasteiger partial charge in [-0.25, -0.2) is 9.78 Å². The monoisotopic (exact) mass is 268 g/mol. The SMILES string of the molecule is O=C(O)c1nc(CN2CCOC3CCCC32)cs1. The molecule has 2 atom stereocenters. The molecule has 2 aliphatic rings. The van der Waals surface area contributed by atoms with E-state index in [1.807, 2.05) is 5.38 Å². The van der Waals surface area contributed by atoms with Crippen molar-refractivity contribution < 1.29 is 14.6 Å². The van der Waals surface area contributed by atoms with Gasteiger partial charge in [-0.05, 0) is 19.3 Å². The minimum atomic E-state index is -0.938. The highest BCUT2D eigenvalue weighted by Crippen LogP contribution is 2.30. The smallest absolute Gasteiger partial charge is 0.365 e. The average Bonchev–Trinajstić information content (AvgIpc) is 2.97. The summed E-state index contributed by atoms with van der Waals surface area (Å²) in [4.78, 5) is 17.3. The summed E-state index contributed by atoms with van der Waals surface area (Å²) in [6, 6.07) is 0.494. The van der Waals surface area contributed by atoms with E-state index in [0.29, 0.717) is 12.1 Å². The summed E-state index contributed by atoms with van der Waals surface area (Å²) in [5.74, 6) is -0.938. The number of nitrogens with zero attached hydrogens (tertiary/aromatic N) is 2. The predicted octanol–water partition coefficient (Wildman–Crippen LogP) is 1.59. The molecule has 1 aromatic heterocycles. The van der Waals surface area contributed by atoms with Gasteiger partial charge in [0.15, 0.2) is 0 Å². The number of carboxylic acids is 1. The highest BCUT2D eigenvalue weighted by Gasteiger charge is 2.36. The maximum absolute atomic E-state index is 10.8. The topological polar surface area (TPSA) is 62.7 Å². The largest absolute Gasteiger partial charge is 0.476 e. The Bertz CT molecular complexity index is 448. The number of hydrogen-bond acceptors (Lipinski definition) is 5. The molecule has 1 N–H and O–H groups in total. The van der Waals surface area contributed by atoms with E-state index < -0.39 is 5.97 Å². The lowest BCUT2D eigenvalue weighted by Crippen LogP contribution is -2.47. The predicted molar refractivity (Wildman–Crippen MR) is 66.9 cm³/mol. The normalized spacial score (nSPS) is 28.2. The van der Waals surface area contributed by atoms with Gasteiger partial charge in [-0.1, -0.05) is 0 Å². The molecule has 98 valence electrons. The van der Waals surface area contributed by atoms with E-state index in [2.05, 4.69) is 9.88 Å². The Morgan fingerprint density at radius 1 is 1.61 bits per heavy atom. The molecule has 1 saturated carbocycles. The second-order valence-electron chi connectivity index (χ2n) is 4.83. The van der Waals surface area contributed by atoms with E-state index in [1.54, 1.807) is 0 Å². The van der Waals surface area contributed by atoms with Crippen molar-refractivity contribution in [2.75, 3.05) is 13.2 Å². The van der Waals surface area contributed by atoms with Crippen LogP contribution in [0.5, 0.6) is 0 Å². The molecule has 2 heterocycles. The highest BCUT2D eigenvalue weighted by molar-refractivity contribution is 7.11. The lowest BCUT2D eigenvalue weighted by molar-refractivity contribution is -0.0591. The molecular formula is C12H16N2O3S. The summed E-state index contributed by atoms with van der Waals surface area (Å²) < 4.78 is 5.76. The fraction of sp³-hybridized carbons (Fsp3) is 0.667. The first-order chi connectivity index (χ1) is 8.74. The summed E-state index contributed by atoms with van der Waals surface area (Å²) in [5, 5.41) is 10.9. The van der Waals surface area contributed by atoms with E-state index in [1.165, 1.54) is 24.2 Å². The summed E-state index contributed by atoms with van der Waals surface area (Å²) >= 11 is 1.20. The van der Waals surface area contributed by atoms with Crippen LogP contribution in [-0.2, 0) is 11.3 Å². The molecular weight excluding hydrogens is 252 g/mol. The molecule has 1 aliphatic heterocycles. The molecule has 2 fully saturated rings. The molecule has 18 heavy (non-hydrogen) atoms. The number of thiazole rings is 1. The van der Waals surface area contributed by atoms with E-state index in [4.69, 9.17) is 9.84 Å². The van der Waals surface area contributed by atoms with Gasteiger partial charge in [0, 0.05) is 24.5 Å². The van der Waals surface area contributed by atoms with Gasteiger partial charge in [-0.3, -0.25) is 4.90 Å². The van der Waals surface area contributed by atoms with Gasteiger partial charge in [-0.2, -0.15) is 0 Å². The molecule has 6 heteroatoms. The fourth-order valence-electron chi connectivity index (χ4n) is 2.89. The second-order valence-corrected chi connectivity index (χ2v) is 5.69. The Morgan fingerprint density at radius 2 is 2.50 bits per heavy atom. The van der Waals surface area contributed by atoms with Crippen molar-refractivity contribution in [3.8, 4) is 0 Å². The first kappa shape index (κ1) is 12.1. The maximum Gasteiger partial charge on any atom is 0.365 e. The molecule has 1 aliphatic carbocycles. The van der Waals surface area contributed by atoms with Gasteiger partial charge in [0.05, 0.1) is 18.4 Å². The summed E-state index contributed by atoms with van der Waals surface area (Å²) in [7, 11) is 0. The van der Waals surface area contributed by atoms with Crippen LogP contribution in [0.1, 0.15) is 34.8 Å².